The Kier molecular flexibility index (Phi) is 3.47. The molecule has 1 aromatic heterocycles. The van der Waals surface area contributed by atoms with Crippen molar-refractivity contribution in [2.24, 2.45) is 0 Å². The summed E-state index contributed by atoms with van der Waals surface area (Å²) < 4.78 is 1.97. The standard InChI is InChI=1S/C12H19N3O2/c1-9-6-13-15(7-9)11-4-3-5-14(8-11)10(2)12(16)17/h6-7,10-11H,3-5,8H2,1-2H3,(H,16,17). The second-order valence-corrected chi connectivity index (χ2v) is 4.80. The quantitative estimate of drug-likeness (QED) is 0.861. The normalized spacial score (nSPS) is 23.5. The molecule has 0 bridgehead atoms. The third-order valence-corrected chi connectivity index (χ3v) is 3.44. The van der Waals surface area contributed by atoms with Gasteiger partial charge in [-0.25, -0.2) is 0 Å². The van der Waals surface area contributed by atoms with Crippen molar-refractivity contribution < 1.29 is 9.90 Å². The van der Waals surface area contributed by atoms with Crippen LogP contribution < -0.4 is 0 Å². The molecule has 1 aliphatic heterocycles. The fraction of sp³-hybridized carbons (Fsp3) is 0.667. The predicted molar refractivity (Wildman–Crippen MR) is 63.9 cm³/mol. The van der Waals surface area contributed by atoms with Gasteiger partial charge in [-0.3, -0.25) is 14.4 Å². The number of hydrogen-bond donors (Lipinski definition) is 1. The third-order valence-electron chi connectivity index (χ3n) is 3.44. The number of aryl methyl sites for hydroxylation is 1. The van der Waals surface area contributed by atoms with Crippen LogP contribution in [0.15, 0.2) is 12.4 Å². The van der Waals surface area contributed by atoms with Crippen LogP contribution in [0.3, 0.4) is 0 Å². The smallest absolute Gasteiger partial charge is 0.320 e. The molecule has 0 radical (unpaired) electrons. The first-order valence-electron chi connectivity index (χ1n) is 6.05. The Morgan fingerprint density at radius 1 is 1.65 bits per heavy atom. The molecule has 0 amide bonds. The van der Waals surface area contributed by atoms with E-state index in [1.165, 1.54) is 0 Å². The fourth-order valence-corrected chi connectivity index (χ4v) is 2.34. The van der Waals surface area contributed by atoms with Gasteiger partial charge in [0, 0.05) is 12.7 Å². The summed E-state index contributed by atoms with van der Waals surface area (Å²) in [5, 5.41) is 13.4. The van der Waals surface area contributed by atoms with E-state index in [-0.39, 0.29) is 0 Å². The van der Waals surface area contributed by atoms with Crippen LogP contribution in [0.25, 0.3) is 0 Å². The molecule has 2 atom stereocenters. The maximum Gasteiger partial charge on any atom is 0.320 e. The van der Waals surface area contributed by atoms with Crippen LogP contribution in [0.1, 0.15) is 31.4 Å². The number of nitrogens with zero attached hydrogens (tertiary/aromatic N) is 3. The summed E-state index contributed by atoms with van der Waals surface area (Å²) >= 11 is 0. The molecular formula is C12H19N3O2. The zero-order valence-corrected chi connectivity index (χ0v) is 10.3. The van der Waals surface area contributed by atoms with Crippen molar-refractivity contribution in [3.8, 4) is 0 Å². The van der Waals surface area contributed by atoms with Gasteiger partial charge in [-0.2, -0.15) is 5.10 Å². The Balaban J connectivity index is 2.04. The van der Waals surface area contributed by atoms with Gasteiger partial charge < -0.3 is 5.11 Å². The van der Waals surface area contributed by atoms with Crippen molar-refractivity contribution in [2.45, 2.75) is 38.8 Å². The molecule has 2 unspecified atom stereocenters. The van der Waals surface area contributed by atoms with E-state index in [1.807, 2.05) is 28.9 Å². The van der Waals surface area contributed by atoms with Crippen molar-refractivity contribution in [3.05, 3.63) is 18.0 Å². The number of aliphatic carboxylic acids is 1. The lowest BCUT2D eigenvalue weighted by Crippen LogP contribution is -2.45. The molecule has 2 rings (SSSR count). The van der Waals surface area contributed by atoms with E-state index in [4.69, 9.17) is 5.11 Å². The van der Waals surface area contributed by atoms with Crippen molar-refractivity contribution in [1.82, 2.24) is 14.7 Å². The number of carboxylic acids is 1. The summed E-state index contributed by atoms with van der Waals surface area (Å²) in [7, 11) is 0. The molecule has 0 aromatic carbocycles. The molecule has 5 nitrogen and oxygen atoms in total. The minimum Gasteiger partial charge on any atom is -0.480 e. The van der Waals surface area contributed by atoms with Gasteiger partial charge in [0.05, 0.1) is 12.2 Å². The van der Waals surface area contributed by atoms with E-state index in [0.717, 1.165) is 31.5 Å². The zero-order valence-electron chi connectivity index (χ0n) is 10.3. The predicted octanol–water partition coefficient (Wildman–Crippen LogP) is 1.30. The van der Waals surface area contributed by atoms with Crippen molar-refractivity contribution in [2.75, 3.05) is 13.1 Å². The Bertz CT molecular complexity index is 402. The van der Waals surface area contributed by atoms with Crippen molar-refractivity contribution >= 4 is 5.97 Å². The number of hydrogen-bond acceptors (Lipinski definition) is 3. The van der Waals surface area contributed by atoms with Gasteiger partial charge in [0.25, 0.3) is 0 Å². The molecule has 0 saturated carbocycles. The fourth-order valence-electron chi connectivity index (χ4n) is 2.34. The molecule has 17 heavy (non-hydrogen) atoms. The molecule has 1 aromatic rings. The molecule has 1 aliphatic rings. The van der Waals surface area contributed by atoms with Crippen LogP contribution in [0.4, 0.5) is 0 Å². The second-order valence-electron chi connectivity index (χ2n) is 4.80. The van der Waals surface area contributed by atoms with E-state index in [9.17, 15) is 4.79 Å². The van der Waals surface area contributed by atoms with Gasteiger partial charge in [0.1, 0.15) is 6.04 Å². The average molecular weight is 237 g/mol. The summed E-state index contributed by atoms with van der Waals surface area (Å²) in [5.74, 6) is -0.748. The first kappa shape index (κ1) is 12.1. The summed E-state index contributed by atoms with van der Waals surface area (Å²) in [6.45, 7) is 5.40. The highest BCUT2D eigenvalue weighted by atomic mass is 16.4. The van der Waals surface area contributed by atoms with Crippen LogP contribution >= 0.6 is 0 Å². The van der Waals surface area contributed by atoms with E-state index in [0.29, 0.717) is 6.04 Å². The molecule has 1 N–H and O–H groups in total. The van der Waals surface area contributed by atoms with Crippen molar-refractivity contribution in [1.29, 1.82) is 0 Å². The number of aromatic nitrogens is 2. The van der Waals surface area contributed by atoms with Gasteiger partial charge in [-0.1, -0.05) is 0 Å². The number of carbonyl (C=O) groups is 1. The van der Waals surface area contributed by atoms with Crippen LogP contribution in [0.5, 0.6) is 0 Å². The molecule has 94 valence electrons. The first-order chi connectivity index (χ1) is 8.08. The Labute approximate surface area is 101 Å². The maximum absolute atomic E-state index is 11.0. The van der Waals surface area contributed by atoms with Gasteiger partial charge in [-0.15, -0.1) is 0 Å². The summed E-state index contributed by atoms with van der Waals surface area (Å²) in [5.41, 5.74) is 1.15. The molecule has 1 fully saturated rings. The lowest BCUT2D eigenvalue weighted by molar-refractivity contribution is -0.143. The summed E-state index contributed by atoms with van der Waals surface area (Å²) in [6, 6.07) is -0.103. The van der Waals surface area contributed by atoms with Crippen LogP contribution in [-0.4, -0.2) is 44.9 Å². The highest BCUT2D eigenvalue weighted by Crippen LogP contribution is 2.22. The molecule has 0 spiro atoms. The molecule has 1 saturated heterocycles. The summed E-state index contributed by atoms with van der Waals surface area (Å²) in [4.78, 5) is 13.0. The van der Waals surface area contributed by atoms with E-state index >= 15 is 0 Å². The van der Waals surface area contributed by atoms with Gasteiger partial charge in [-0.05, 0) is 38.8 Å². The first-order valence-corrected chi connectivity index (χ1v) is 6.05. The maximum atomic E-state index is 11.0. The molecule has 0 aliphatic carbocycles. The number of piperidine rings is 1. The second kappa shape index (κ2) is 4.87. The van der Waals surface area contributed by atoms with Crippen molar-refractivity contribution in [3.63, 3.8) is 0 Å². The Hall–Kier alpha value is -1.36. The lowest BCUT2D eigenvalue weighted by Gasteiger charge is -2.35. The molecular weight excluding hydrogens is 218 g/mol. The van der Waals surface area contributed by atoms with E-state index in [1.54, 1.807) is 6.92 Å². The van der Waals surface area contributed by atoms with Crippen LogP contribution in [-0.2, 0) is 4.79 Å². The lowest BCUT2D eigenvalue weighted by atomic mass is 10.0. The molecule has 5 heteroatoms. The monoisotopic (exact) mass is 237 g/mol. The SMILES string of the molecule is Cc1cnn(C2CCCN(C(C)C(=O)O)C2)c1. The minimum absolute atomic E-state index is 0.305. The van der Waals surface area contributed by atoms with Gasteiger partial charge in [0.2, 0.25) is 0 Å². The Morgan fingerprint density at radius 3 is 3.00 bits per heavy atom. The molecule has 2 heterocycles. The minimum atomic E-state index is -0.748. The van der Waals surface area contributed by atoms with Gasteiger partial charge >= 0.3 is 5.97 Å². The topological polar surface area (TPSA) is 58.4 Å². The van der Waals surface area contributed by atoms with E-state index in [2.05, 4.69) is 5.10 Å². The number of carboxylic acid groups (broad SMARTS) is 1. The third kappa shape index (κ3) is 2.66. The number of rotatable bonds is 3. The van der Waals surface area contributed by atoms with Crippen LogP contribution in [0.2, 0.25) is 0 Å². The largest absolute Gasteiger partial charge is 0.480 e. The van der Waals surface area contributed by atoms with E-state index < -0.39 is 12.0 Å². The average Bonchev–Trinajstić information content (AvgIpc) is 2.75. The number of likely N-dealkylation sites (tertiary alicyclic amines) is 1. The highest BCUT2D eigenvalue weighted by Gasteiger charge is 2.28. The highest BCUT2D eigenvalue weighted by molar-refractivity contribution is 5.72. The van der Waals surface area contributed by atoms with Crippen LogP contribution in [0, 0.1) is 6.92 Å². The van der Waals surface area contributed by atoms with Gasteiger partial charge in [0.15, 0.2) is 0 Å². The zero-order chi connectivity index (χ0) is 12.4. The Morgan fingerprint density at radius 2 is 2.41 bits per heavy atom. The summed E-state index contributed by atoms with van der Waals surface area (Å²) in [6.07, 6.45) is 5.98.